The highest BCUT2D eigenvalue weighted by molar-refractivity contribution is 7.87. The molecule has 1 unspecified atom stereocenters. The number of hydrogen-bond donors (Lipinski definition) is 2. The van der Waals surface area contributed by atoms with Gasteiger partial charge in [-0.1, -0.05) is 13.8 Å². The number of rotatable bonds is 7. The molecular formula is C11H26N4O2S. The summed E-state index contributed by atoms with van der Waals surface area (Å²) in [6.07, 6.45) is 1.82. The summed E-state index contributed by atoms with van der Waals surface area (Å²) in [5.74, 6) is 0. The molecule has 1 fully saturated rings. The quantitative estimate of drug-likeness (QED) is 0.663. The van der Waals surface area contributed by atoms with Gasteiger partial charge in [-0.25, -0.2) is 4.72 Å². The molecule has 1 aliphatic rings. The zero-order chi connectivity index (χ0) is 13.6. The van der Waals surface area contributed by atoms with E-state index in [1.807, 2.05) is 6.92 Å². The standard InChI is InChI=1S/C11H26N4O2S/c1-3-5-13-18(16,17)15-8-6-14(7-9-15)11(4-2)10-12/h11,13H,3-10,12H2,1-2H3. The minimum absolute atomic E-state index is 0.374. The van der Waals surface area contributed by atoms with E-state index in [0.717, 1.165) is 25.9 Å². The molecule has 1 aliphatic heterocycles. The van der Waals surface area contributed by atoms with Crippen LogP contribution >= 0.6 is 0 Å². The first kappa shape index (κ1) is 15.8. The van der Waals surface area contributed by atoms with Crippen molar-refractivity contribution in [1.29, 1.82) is 0 Å². The van der Waals surface area contributed by atoms with Crippen LogP contribution in [0.2, 0.25) is 0 Å². The van der Waals surface area contributed by atoms with Crippen LogP contribution in [0.3, 0.4) is 0 Å². The number of hydrogen-bond acceptors (Lipinski definition) is 4. The number of nitrogens with one attached hydrogen (secondary N) is 1. The first-order valence-corrected chi connectivity index (χ1v) is 8.18. The normalized spacial score (nSPS) is 21.1. The smallest absolute Gasteiger partial charge is 0.279 e. The fraction of sp³-hybridized carbons (Fsp3) is 1.00. The Labute approximate surface area is 111 Å². The molecule has 1 atom stereocenters. The van der Waals surface area contributed by atoms with E-state index in [-0.39, 0.29) is 0 Å². The zero-order valence-corrected chi connectivity index (χ0v) is 12.2. The van der Waals surface area contributed by atoms with Crippen LogP contribution in [0.1, 0.15) is 26.7 Å². The molecule has 0 bridgehead atoms. The molecule has 1 rings (SSSR count). The molecule has 0 radical (unpaired) electrons. The highest BCUT2D eigenvalue weighted by Gasteiger charge is 2.28. The van der Waals surface area contributed by atoms with Crippen LogP contribution < -0.4 is 10.5 Å². The minimum atomic E-state index is -3.28. The fourth-order valence-corrected chi connectivity index (χ4v) is 3.49. The van der Waals surface area contributed by atoms with E-state index >= 15 is 0 Å². The third-order valence-corrected chi connectivity index (χ3v) is 5.02. The maximum Gasteiger partial charge on any atom is 0.279 e. The van der Waals surface area contributed by atoms with E-state index in [0.29, 0.717) is 32.2 Å². The van der Waals surface area contributed by atoms with Crippen LogP contribution in [-0.2, 0) is 10.2 Å². The number of nitrogens with zero attached hydrogens (tertiary/aromatic N) is 2. The van der Waals surface area contributed by atoms with Crippen molar-refractivity contribution in [3.63, 3.8) is 0 Å². The fourth-order valence-electron chi connectivity index (χ4n) is 2.21. The van der Waals surface area contributed by atoms with Crippen LogP contribution in [0, 0.1) is 0 Å². The lowest BCUT2D eigenvalue weighted by atomic mass is 10.1. The Morgan fingerprint density at radius 1 is 1.22 bits per heavy atom. The predicted octanol–water partition coefficient (Wildman–Crippen LogP) is -0.414. The Hall–Kier alpha value is -0.210. The molecule has 0 saturated carbocycles. The van der Waals surface area contributed by atoms with Crippen molar-refractivity contribution >= 4 is 10.2 Å². The van der Waals surface area contributed by atoms with Gasteiger partial charge in [-0.3, -0.25) is 4.90 Å². The molecule has 0 aromatic rings. The van der Waals surface area contributed by atoms with Crippen molar-refractivity contribution in [2.75, 3.05) is 39.3 Å². The summed E-state index contributed by atoms with van der Waals surface area (Å²) >= 11 is 0. The highest BCUT2D eigenvalue weighted by Crippen LogP contribution is 2.10. The SMILES string of the molecule is CCCNS(=O)(=O)N1CCN(C(CC)CN)CC1. The van der Waals surface area contributed by atoms with Crippen LogP contribution in [0.15, 0.2) is 0 Å². The molecule has 0 amide bonds. The van der Waals surface area contributed by atoms with Gasteiger partial charge in [0.25, 0.3) is 10.2 Å². The summed E-state index contributed by atoms with van der Waals surface area (Å²) in [4.78, 5) is 2.28. The second-order valence-electron chi connectivity index (χ2n) is 4.63. The first-order valence-electron chi connectivity index (χ1n) is 6.74. The van der Waals surface area contributed by atoms with Crippen LogP contribution in [0.5, 0.6) is 0 Å². The predicted molar refractivity (Wildman–Crippen MR) is 73.5 cm³/mol. The van der Waals surface area contributed by atoms with E-state index in [1.54, 1.807) is 0 Å². The summed E-state index contributed by atoms with van der Waals surface area (Å²) in [5.41, 5.74) is 5.71. The molecule has 3 N–H and O–H groups in total. The number of nitrogens with two attached hydrogens (primary N) is 1. The van der Waals surface area contributed by atoms with Crippen LogP contribution in [-0.4, -0.2) is 62.9 Å². The molecule has 6 nitrogen and oxygen atoms in total. The van der Waals surface area contributed by atoms with E-state index in [2.05, 4.69) is 16.5 Å². The molecule has 0 aliphatic carbocycles. The van der Waals surface area contributed by atoms with Crippen molar-refractivity contribution in [3.05, 3.63) is 0 Å². The third kappa shape index (κ3) is 4.17. The highest BCUT2D eigenvalue weighted by atomic mass is 32.2. The van der Waals surface area contributed by atoms with Crippen molar-refractivity contribution < 1.29 is 8.42 Å². The molecule has 18 heavy (non-hydrogen) atoms. The van der Waals surface area contributed by atoms with E-state index in [1.165, 1.54) is 4.31 Å². The van der Waals surface area contributed by atoms with Gasteiger partial charge in [-0.2, -0.15) is 12.7 Å². The van der Waals surface area contributed by atoms with Gasteiger partial charge in [-0.15, -0.1) is 0 Å². The van der Waals surface area contributed by atoms with E-state index in [4.69, 9.17) is 5.73 Å². The lowest BCUT2D eigenvalue weighted by Crippen LogP contribution is -2.55. The second-order valence-corrected chi connectivity index (χ2v) is 6.39. The van der Waals surface area contributed by atoms with Gasteiger partial charge in [0.15, 0.2) is 0 Å². The van der Waals surface area contributed by atoms with Crippen molar-refractivity contribution in [3.8, 4) is 0 Å². The minimum Gasteiger partial charge on any atom is -0.329 e. The van der Waals surface area contributed by atoms with Gasteiger partial charge in [0.1, 0.15) is 0 Å². The van der Waals surface area contributed by atoms with Gasteiger partial charge >= 0.3 is 0 Å². The maximum absolute atomic E-state index is 11.9. The summed E-state index contributed by atoms with van der Waals surface area (Å²) in [7, 11) is -3.28. The third-order valence-electron chi connectivity index (χ3n) is 3.41. The van der Waals surface area contributed by atoms with Crippen LogP contribution in [0.4, 0.5) is 0 Å². The zero-order valence-electron chi connectivity index (χ0n) is 11.4. The van der Waals surface area contributed by atoms with Crippen molar-refractivity contribution in [2.24, 2.45) is 5.73 Å². The average Bonchev–Trinajstić information content (AvgIpc) is 2.38. The van der Waals surface area contributed by atoms with Gasteiger partial charge < -0.3 is 5.73 Å². The van der Waals surface area contributed by atoms with Gasteiger partial charge in [0, 0.05) is 45.3 Å². The Bertz CT molecular complexity index is 322. The lowest BCUT2D eigenvalue weighted by molar-refractivity contribution is 0.136. The maximum atomic E-state index is 11.9. The number of piperazine rings is 1. The molecule has 1 heterocycles. The van der Waals surface area contributed by atoms with Crippen LogP contribution in [0.25, 0.3) is 0 Å². The summed E-state index contributed by atoms with van der Waals surface area (Å²) in [6, 6.07) is 0.374. The Balaban J connectivity index is 2.48. The lowest BCUT2D eigenvalue weighted by Gasteiger charge is -2.37. The Morgan fingerprint density at radius 2 is 1.83 bits per heavy atom. The molecule has 0 aromatic carbocycles. The first-order chi connectivity index (χ1) is 8.55. The van der Waals surface area contributed by atoms with Gasteiger partial charge in [0.05, 0.1) is 0 Å². The molecule has 1 saturated heterocycles. The molecule has 7 heteroatoms. The van der Waals surface area contributed by atoms with E-state index in [9.17, 15) is 8.42 Å². The topological polar surface area (TPSA) is 78.7 Å². The summed E-state index contributed by atoms with van der Waals surface area (Å²) in [5, 5.41) is 0. The van der Waals surface area contributed by atoms with Gasteiger partial charge in [-0.05, 0) is 12.8 Å². The Kier molecular flexibility index (Phi) is 6.51. The molecule has 0 aromatic heterocycles. The average molecular weight is 278 g/mol. The monoisotopic (exact) mass is 278 g/mol. The Morgan fingerprint density at radius 3 is 2.28 bits per heavy atom. The van der Waals surface area contributed by atoms with Crippen molar-refractivity contribution in [1.82, 2.24) is 13.9 Å². The molecular weight excluding hydrogens is 252 g/mol. The van der Waals surface area contributed by atoms with Gasteiger partial charge in [0.2, 0.25) is 0 Å². The van der Waals surface area contributed by atoms with E-state index < -0.39 is 10.2 Å². The van der Waals surface area contributed by atoms with Crippen molar-refractivity contribution in [2.45, 2.75) is 32.7 Å². The summed E-state index contributed by atoms with van der Waals surface area (Å²) in [6.45, 7) is 7.84. The second kappa shape index (κ2) is 7.40. The summed E-state index contributed by atoms with van der Waals surface area (Å²) < 4.78 is 28.0. The molecule has 0 spiro atoms. The largest absolute Gasteiger partial charge is 0.329 e. The molecule has 108 valence electrons.